The highest BCUT2D eigenvalue weighted by molar-refractivity contribution is 4.92. The quantitative estimate of drug-likeness (QED) is 0.736. The molecule has 1 saturated heterocycles. The monoisotopic (exact) mass is 196 g/mol. The van der Waals surface area contributed by atoms with Gasteiger partial charge in [-0.05, 0) is 50.7 Å². The van der Waals surface area contributed by atoms with Crippen LogP contribution in [0.2, 0.25) is 0 Å². The van der Waals surface area contributed by atoms with Crippen molar-refractivity contribution < 1.29 is 0 Å². The molecule has 2 nitrogen and oxygen atoms in total. The maximum atomic E-state index is 3.49. The highest BCUT2D eigenvalue weighted by Crippen LogP contribution is 2.34. The fourth-order valence-electron chi connectivity index (χ4n) is 2.87. The van der Waals surface area contributed by atoms with Crippen LogP contribution in [-0.2, 0) is 0 Å². The van der Waals surface area contributed by atoms with E-state index in [1.165, 1.54) is 38.9 Å². The SMILES string of the molecule is CCNCC1CCC1N1CCC(C)C1. The average molecular weight is 196 g/mol. The molecule has 1 saturated carbocycles. The zero-order chi connectivity index (χ0) is 9.97. The summed E-state index contributed by atoms with van der Waals surface area (Å²) < 4.78 is 0. The van der Waals surface area contributed by atoms with E-state index >= 15 is 0 Å². The third-order valence-electron chi connectivity index (χ3n) is 3.96. The third-order valence-corrected chi connectivity index (χ3v) is 3.96. The smallest absolute Gasteiger partial charge is 0.0136 e. The van der Waals surface area contributed by atoms with Crippen LogP contribution in [0.5, 0.6) is 0 Å². The summed E-state index contributed by atoms with van der Waals surface area (Å²) >= 11 is 0. The molecular weight excluding hydrogens is 172 g/mol. The van der Waals surface area contributed by atoms with Crippen molar-refractivity contribution in [1.29, 1.82) is 0 Å². The van der Waals surface area contributed by atoms with Gasteiger partial charge in [-0.2, -0.15) is 0 Å². The van der Waals surface area contributed by atoms with Crippen molar-refractivity contribution in [2.45, 2.75) is 39.2 Å². The van der Waals surface area contributed by atoms with Gasteiger partial charge < -0.3 is 5.32 Å². The zero-order valence-corrected chi connectivity index (χ0v) is 9.63. The van der Waals surface area contributed by atoms with Gasteiger partial charge in [0.2, 0.25) is 0 Å². The first-order valence-electron chi connectivity index (χ1n) is 6.26. The number of likely N-dealkylation sites (tertiary alicyclic amines) is 1. The van der Waals surface area contributed by atoms with Crippen LogP contribution in [0.1, 0.15) is 33.1 Å². The van der Waals surface area contributed by atoms with Crippen molar-refractivity contribution in [2.24, 2.45) is 11.8 Å². The molecule has 1 aliphatic heterocycles. The Kier molecular flexibility index (Phi) is 3.45. The van der Waals surface area contributed by atoms with Crippen LogP contribution in [0, 0.1) is 11.8 Å². The number of nitrogens with one attached hydrogen (secondary N) is 1. The Morgan fingerprint density at radius 3 is 2.64 bits per heavy atom. The molecule has 2 fully saturated rings. The molecule has 14 heavy (non-hydrogen) atoms. The Balaban J connectivity index is 1.75. The van der Waals surface area contributed by atoms with Gasteiger partial charge in [-0.25, -0.2) is 0 Å². The van der Waals surface area contributed by atoms with E-state index in [9.17, 15) is 0 Å². The first-order chi connectivity index (χ1) is 6.81. The largest absolute Gasteiger partial charge is 0.317 e. The summed E-state index contributed by atoms with van der Waals surface area (Å²) in [5.74, 6) is 1.88. The summed E-state index contributed by atoms with van der Waals surface area (Å²) in [6, 6.07) is 0.916. The Morgan fingerprint density at radius 1 is 1.29 bits per heavy atom. The second-order valence-corrected chi connectivity index (χ2v) is 5.10. The molecule has 3 atom stereocenters. The van der Waals surface area contributed by atoms with Crippen molar-refractivity contribution in [3.63, 3.8) is 0 Å². The maximum absolute atomic E-state index is 3.49. The van der Waals surface area contributed by atoms with Crippen LogP contribution in [0.15, 0.2) is 0 Å². The van der Waals surface area contributed by atoms with Crippen LogP contribution >= 0.6 is 0 Å². The van der Waals surface area contributed by atoms with Crippen LogP contribution in [0.3, 0.4) is 0 Å². The van der Waals surface area contributed by atoms with E-state index in [0.29, 0.717) is 0 Å². The van der Waals surface area contributed by atoms with Gasteiger partial charge in [-0.1, -0.05) is 13.8 Å². The van der Waals surface area contributed by atoms with Crippen LogP contribution in [0.4, 0.5) is 0 Å². The van der Waals surface area contributed by atoms with Gasteiger partial charge in [0.05, 0.1) is 0 Å². The molecule has 1 heterocycles. The Morgan fingerprint density at radius 2 is 2.14 bits per heavy atom. The second kappa shape index (κ2) is 4.63. The standard InChI is InChI=1S/C12H24N2/c1-3-13-8-11-4-5-12(11)14-7-6-10(2)9-14/h10-13H,3-9H2,1-2H3. The fourth-order valence-corrected chi connectivity index (χ4v) is 2.87. The minimum Gasteiger partial charge on any atom is -0.317 e. The molecule has 1 aliphatic carbocycles. The molecule has 0 spiro atoms. The van der Waals surface area contributed by atoms with Crippen LogP contribution < -0.4 is 5.32 Å². The minimum atomic E-state index is 0.916. The molecule has 2 heteroatoms. The minimum absolute atomic E-state index is 0.916. The predicted molar refractivity (Wildman–Crippen MR) is 60.4 cm³/mol. The highest BCUT2D eigenvalue weighted by Gasteiger charge is 2.37. The van der Waals surface area contributed by atoms with Crippen LogP contribution in [-0.4, -0.2) is 37.1 Å². The first kappa shape index (κ1) is 10.4. The molecule has 2 rings (SSSR count). The van der Waals surface area contributed by atoms with Crippen molar-refractivity contribution >= 4 is 0 Å². The summed E-state index contributed by atoms with van der Waals surface area (Å²) in [5.41, 5.74) is 0. The van der Waals surface area contributed by atoms with Gasteiger partial charge in [0.15, 0.2) is 0 Å². The van der Waals surface area contributed by atoms with Crippen molar-refractivity contribution in [1.82, 2.24) is 10.2 Å². The summed E-state index contributed by atoms with van der Waals surface area (Å²) in [7, 11) is 0. The van der Waals surface area contributed by atoms with Crippen LogP contribution in [0.25, 0.3) is 0 Å². The molecular formula is C12H24N2. The predicted octanol–water partition coefficient (Wildman–Crippen LogP) is 1.72. The normalized spacial score (nSPS) is 38.6. The second-order valence-electron chi connectivity index (χ2n) is 5.10. The molecule has 0 bridgehead atoms. The van der Waals surface area contributed by atoms with E-state index in [1.807, 2.05) is 0 Å². The molecule has 0 aromatic rings. The van der Waals surface area contributed by atoms with Gasteiger partial charge in [0, 0.05) is 12.6 Å². The van der Waals surface area contributed by atoms with E-state index in [2.05, 4.69) is 24.1 Å². The molecule has 1 N–H and O–H groups in total. The summed E-state index contributed by atoms with van der Waals surface area (Å²) in [6.07, 6.45) is 4.32. The lowest BCUT2D eigenvalue weighted by molar-refractivity contribution is 0.0800. The summed E-state index contributed by atoms with van der Waals surface area (Å²) in [4.78, 5) is 2.73. The van der Waals surface area contributed by atoms with E-state index in [4.69, 9.17) is 0 Å². The zero-order valence-electron chi connectivity index (χ0n) is 9.63. The molecule has 2 aliphatic rings. The molecule has 82 valence electrons. The molecule has 0 aromatic carbocycles. The topological polar surface area (TPSA) is 15.3 Å². The van der Waals surface area contributed by atoms with Gasteiger partial charge in [-0.15, -0.1) is 0 Å². The van der Waals surface area contributed by atoms with Gasteiger partial charge in [0.1, 0.15) is 0 Å². The fraction of sp³-hybridized carbons (Fsp3) is 1.00. The Labute approximate surface area is 88.1 Å². The molecule has 0 radical (unpaired) electrons. The van der Waals surface area contributed by atoms with E-state index in [0.717, 1.165) is 24.4 Å². The van der Waals surface area contributed by atoms with E-state index in [1.54, 1.807) is 0 Å². The van der Waals surface area contributed by atoms with E-state index in [-0.39, 0.29) is 0 Å². The van der Waals surface area contributed by atoms with Gasteiger partial charge >= 0.3 is 0 Å². The number of hydrogen-bond donors (Lipinski definition) is 1. The maximum Gasteiger partial charge on any atom is 0.0136 e. The summed E-state index contributed by atoms with van der Waals surface area (Å²) in [6.45, 7) is 9.66. The number of hydrogen-bond acceptors (Lipinski definition) is 2. The van der Waals surface area contributed by atoms with E-state index < -0.39 is 0 Å². The third kappa shape index (κ3) is 2.12. The molecule has 0 aromatic heterocycles. The highest BCUT2D eigenvalue weighted by atomic mass is 15.2. The summed E-state index contributed by atoms with van der Waals surface area (Å²) in [5, 5.41) is 3.49. The first-order valence-corrected chi connectivity index (χ1v) is 6.26. The van der Waals surface area contributed by atoms with Gasteiger partial charge in [-0.3, -0.25) is 4.90 Å². The lowest BCUT2D eigenvalue weighted by Gasteiger charge is -2.43. The Hall–Kier alpha value is -0.0800. The molecule has 0 amide bonds. The van der Waals surface area contributed by atoms with Crippen molar-refractivity contribution in [2.75, 3.05) is 26.2 Å². The average Bonchev–Trinajstić information content (AvgIpc) is 2.51. The molecule has 3 unspecified atom stereocenters. The lowest BCUT2D eigenvalue weighted by atomic mass is 9.78. The van der Waals surface area contributed by atoms with Crippen molar-refractivity contribution in [3.05, 3.63) is 0 Å². The van der Waals surface area contributed by atoms with Gasteiger partial charge in [0.25, 0.3) is 0 Å². The van der Waals surface area contributed by atoms with Crippen molar-refractivity contribution in [3.8, 4) is 0 Å². The Bertz CT molecular complexity index is 181. The number of rotatable bonds is 4. The number of nitrogens with zero attached hydrogens (tertiary/aromatic N) is 1. The lowest BCUT2D eigenvalue weighted by Crippen LogP contribution is -2.49.